The fraction of sp³-hybridized carbons (Fsp3) is 0.385. The summed E-state index contributed by atoms with van der Waals surface area (Å²) in [5.41, 5.74) is -1.19. The molecule has 0 aliphatic heterocycles. The summed E-state index contributed by atoms with van der Waals surface area (Å²) in [6, 6.07) is 3.10. The zero-order valence-electron chi connectivity index (χ0n) is 10.9. The molecule has 0 atom stereocenters. The molecule has 8 heteroatoms. The third-order valence-electron chi connectivity index (χ3n) is 2.45. The standard InChI is InChI=1S/C13H11F4NO3/c1-2-20-11(19)5-9-8(6-18)3-7(12(14)15)4-10(9)21-13(16)17/h3-4,12-13H,2,5H2,1H3. The molecule has 1 aromatic carbocycles. The van der Waals surface area contributed by atoms with Gasteiger partial charge in [0.15, 0.2) is 0 Å². The van der Waals surface area contributed by atoms with Gasteiger partial charge in [-0.2, -0.15) is 14.0 Å². The van der Waals surface area contributed by atoms with E-state index in [4.69, 9.17) is 5.26 Å². The number of carbonyl (C=O) groups is 1. The van der Waals surface area contributed by atoms with Crippen LogP contribution in [0.25, 0.3) is 0 Å². The van der Waals surface area contributed by atoms with Gasteiger partial charge in [-0.05, 0) is 19.1 Å². The number of benzene rings is 1. The van der Waals surface area contributed by atoms with Crippen LogP contribution in [0.1, 0.15) is 30.0 Å². The topological polar surface area (TPSA) is 59.3 Å². The number of nitriles is 1. The van der Waals surface area contributed by atoms with E-state index in [-0.39, 0.29) is 17.7 Å². The molecule has 114 valence electrons. The number of carbonyl (C=O) groups excluding carboxylic acids is 1. The molecule has 0 fully saturated rings. The Balaban J connectivity index is 3.29. The minimum absolute atomic E-state index is 0.0564. The first-order chi connectivity index (χ1) is 9.88. The van der Waals surface area contributed by atoms with E-state index in [0.717, 1.165) is 6.07 Å². The van der Waals surface area contributed by atoms with E-state index in [1.165, 1.54) is 0 Å². The lowest BCUT2D eigenvalue weighted by molar-refractivity contribution is -0.142. The number of esters is 1. The second-order valence-corrected chi connectivity index (χ2v) is 3.82. The molecule has 4 nitrogen and oxygen atoms in total. The van der Waals surface area contributed by atoms with Gasteiger partial charge in [0.25, 0.3) is 6.43 Å². The van der Waals surface area contributed by atoms with Gasteiger partial charge in [-0.25, -0.2) is 8.78 Å². The molecule has 1 rings (SSSR count). The average molecular weight is 305 g/mol. The quantitative estimate of drug-likeness (QED) is 0.598. The van der Waals surface area contributed by atoms with Gasteiger partial charge >= 0.3 is 12.6 Å². The van der Waals surface area contributed by atoms with E-state index in [2.05, 4.69) is 9.47 Å². The van der Waals surface area contributed by atoms with Gasteiger partial charge in [0.1, 0.15) is 5.75 Å². The molecule has 0 N–H and O–H groups in total. The number of hydrogen-bond donors (Lipinski definition) is 0. The maximum Gasteiger partial charge on any atom is 0.387 e. The van der Waals surface area contributed by atoms with E-state index in [9.17, 15) is 22.4 Å². The van der Waals surface area contributed by atoms with Crippen LogP contribution in [0.2, 0.25) is 0 Å². The smallest absolute Gasteiger partial charge is 0.387 e. The van der Waals surface area contributed by atoms with Crippen LogP contribution in [0.3, 0.4) is 0 Å². The van der Waals surface area contributed by atoms with Gasteiger partial charge in [0.05, 0.1) is 24.7 Å². The maximum absolute atomic E-state index is 12.7. The summed E-state index contributed by atoms with van der Waals surface area (Å²) in [7, 11) is 0. The first-order valence-electron chi connectivity index (χ1n) is 5.84. The van der Waals surface area contributed by atoms with E-state index >= 15 is 0 Å². The lowest BCUT2D eigenvalue weighted by Gasteiger charge is -2.14. The zero-order chi connectivity index (χ0) is 16.0. The lowest BCUT2D eigenvalue weighted by Crippen LogP contribution is -2.12. The first-order valence-corrected chi connectivity index (χ1v) is 5.84. The summed E-state index contributed by atoms with van der Waals surface area (Å²) in [6.45, 7) is -1.68. The van der Waals surface area contributed by atoms with Crippen LogP contribution in [0, 0.1) is 11.3 Å². The molecule has 0 bridgehead atoms. The molecule has 0 amide bonds. The predicted molar refractivity (Wildman–Crippen MR) is 63.1 cm³/mol. The van der Waals surface area contributed by atoms with Gasteiger partial charge < -0.3 is 9.47 Å². The summed E-state index contributed by atoms with van der Waals surface area (Å²) in [5.74, 6) is -1.41. The Labute approximate surface area is 117 Å². The number of ether oxygens (including phenoxy) is 2. The highest BCUT2D eigenvalue weighted by Crippen LogP contribution is 2.31. The molecule has 0 radical (unpaired) electrons. The summed E-state index contributed by atoms with van der Waals surface area (Å²) >= 11 is 0. The maximum atomic E-state index is 12.7. The van der Waals surface area contributed by atoms with Crippen molar-refractivity contribution in [2.75, 3.05) is 6.61 Å². The predicted octanol–water partition coefficient (Wildman–Crippen LogP) is 3.20. The normalized spacial score (nSPS) is 10.6. The Morgan fingerprint density at radius 3 is 2.48 bits per heavy atom. The van der Waals surface area contributed by atoms with Crippen molar-refractivity contribution in [3.05, 3.63) is 28.8 Å². The summed E-state index contributed by atoms with van der Waals surface area (Å²) < 4.78 is 58.8. The highest BCUT2D eigenvalue weighted by molar-refractivity contribution is 5.75. The van der Waals surface area contributed by atoms with E-state index < -0.39 is 36.7 Å². The molecule has 0 spiro atoms. The molecule has 0 aliphatic rings. The molecule has 0 unspecified atom stereocenters. The fourth-order valence-electron chi connectivity index (χ4n) is 1.63. The molecule has 0 aliphatic carbocycles. The second-order valence-electron chi connectivity index (χ2n) is 3.82. The molecule has 0 aromatic heterocycles. The monoisotopic (exact) mass is 305 g/mol. The zero-order valence-corrected chi connectivity index (χ0v) is 10.9. The van der Waals surface area contributed by atoms with Gasteiger partial charge in [0, 0.05) is 11.1 Å². The van der Waals surface area contributed by atoms with Crippen LogP contribution in [-0.4, -0.2) is 19.2 Å². The van der Waals surface area contributed by atoms with Crippen LogP contribution in [0.4, 0.5) is 17.6 Å². The molecule has 0 saturated carbocycles. The van der Waals surface area contributed by atoms with Crippen molar-refractivity contribution >= 4 is 5.97 Å². The van der Waals surface area contributed by atoms with Crippen LogP contribution in [0.5, 0.6) is 5.75 Å². The van der Waals surface area contributed by atoms with Crippen LogP contribution >= 0.6 is 0 Å². The average Bonchev–Trinajstić information content (AvgIpc) is 2.39. The Kier molecular flexibility index (Phi) is 5.96. The van der Waals surface area contributed by atoms with Crippen molar-refractivity contribution in [2.24, 2.45) is 0 Å². The van der Waals surface area contributed by atoms with Crippen molar-refractivity contribution in [3.8, 4) is 11.8 Å². The lowest BCUT2D eigenvalue weighted by atomic mass is 10.0. The van der Waals surface area contributed by atoms with Gasteiger partial charge in [-0.15, -0.1) is 0 Å². The molecule has 0 saturated heterocycles. The number of rotatable bonds is 6. The molecule has 1 aromatic rings. The number of halogens is 4. The minimum Gasteiger partial charge on any atom is -0.466 e. The third-order valence-corrected chi connectivity index (χ3v) is 2.45. The minimum atomic E-state index is -3.27. The van der Waals surface area contributed by atoms with Gasteiger partial charge in [-0.3, -0.25) is 4.79 Å². The second kappa shape index (κ2) is 7.47. The molecular weight excluding hydrogens is 294 g/mol. The van der Waals surface area contributed by atoms with Gasteiger partial charge in [-0.1, -0.05) is 0 Å². The SMILES string of the molecule is CCOC(=O)Cc1c(C#N)cc(C(F)F)cc1OC(F)F. The van der Waals surface area contributed by atoms with Crippen molar-refractivity contribution < 1.29 is 31.8 Å². The Hall–Kier alpha value is -2.30. The van der Waals surface area contributed by atoms with E-state index in [1.54, 1.807) is 13.0 Å². The third kappa shape index (κ3) is 4.63. The van der Waals surface area contributed by atoms with E-state index in [1.807, 2.05) is 0 Å². The van der Waals surface area contributed by atoms with E-state index in [0.29, 0.717) is 6.07 Å². The van der Waals surface area contributed by atoms with Crippen molar-refractivity contribution in [1.29, 1.82) is 5.26 Å². The summed E-state index contributed by atoms with van der Waals surface area (Å²) in [5, 5.41) is 8.94. The molecule has 0 heterocycles. The van der Waals surface area contributed by atoms with Crippen molar-refractivity contribution in [2.45, 2.75) is 26.4 Å². The van der Waals surface area contributed by atoms with Crippen LogP contribution in [-0.2, 0) is 16.0 Å². The Bertz CT molecular complexity index is 555. The molecular formula is C13H11F4NO3. The first kappa shape index (κ1) is 16.8. The summed E-state index contributed by atoms with van der Waals surface area (Å²) in [4.78, 5) is 11.4. The van der Waals surface area contributed by atoms with Crippen molar-refractivity contribution in [1.82, 2.24) is 0 Å². The Morgan fingerprint density at radius 1 is 1.33 bits per heavy atom. The van der Waals surface area contributed by atoms with Crippen LogP contribution in [0.15, 0.2) is 12.1 Å². The number of nitrogens with zero attached hydrogens (tertiary/aromatic N) is 1. The highest BCUT2D eigenvalue weighted by Gasteiger charge is 2.21. The van der Waals surface area contributed by atoms with Crippen molar-refractivity contribution in [3.63, 3.8) is 0 Å². The van der Waals surface area contributed by atoms with Crippen LogP contribution < -0.4 is 4.74 Å². The number of alkyl halides is 4. The Morgan fingerprint density at radius 2 is 2.00 bits per heavy atom. The number of hydrogen-bond acceptors (Lipinski definition) is 4. The largest absolute Gasteiger partial charge is 0.466 e. The highest BCUT2D eigenvalue weighted by atomic mass is 19.3. The van der Waals surface area contributed by atoms with Gasteiger partial charge in [0.2, 0.25) is 0 Å². The fourth-order valence-corrected chi connectivity index (χ4v) is 1.63. The summed E-state index contributed by atoms with van der Waals surface area (Å²) in [6.07, 6.45) is -3.49. The molecule has 21 heavy (non-hydrogen) atoms.